The van der Waals surface area contributed by atoms with Gasteiger partial charge in [0, 0.05) is 51.4 Å². The number of nitrogens with zero attached hydrogens (tertiary/aromatic N) is 3. The topological polar surface area (TPSA) is 77.0 Å². The van der Waals surface area contributed by atoms with Crippen LogP contribution in [-0.4, -0.2) is 88.0 Å². The fourth-order valence-electron chi connectivity index (χ4n) is 4.10. The van der Waals surface area contributed by atoms with Crippen molar-refractivity contribution in [3.63, 3.8) is 0 Å². The van der Waals surface area contributed by atoms with Gasteiger partial charge in [-0.2, -0.15) is 0 Å². The maximum absolute atomic E-state index is 11.7. The van der Waals surface area contributed by atoms with Gasteiger partial charge in [-0.3, -0.25) is 9.89 Å². The summed E-state index contributed by atoms with van der Waals surface area (Å²) in [6.07, 6.45) is 1.64. The van der Waals surface area contributed by atoms with E-state index in [0.29, 0.717) is 12.5 Å². The fraction of sp³-hybridized carbons (Fsp3) is 0.667. The Labute approximate surface area is 175 Å². The van der Waals surface area contributed by atoms with Crippen molar-refractivity contribution in [2.45, 2.75) is 31.8 Å². The standard InChI is InChI=1S/C21H35N5O2S/c1-3-22-21(24-19-10-15-29(27,28)17-19)23-11-7-12-26-14-13-25(2)16-20(26)18-8-5-4-6-9-18/h4-6,8-9,19-20H,3,7,10-17H2,1-2H3,(H2,22,23,24). The first-order chi connectivity index (χ1) is 14.0. The molecule has 2 aliphatic heterocycles. The molecule has 2 atom stereocenters. The van der Waals surface area contributed by atoms with Crippen molar-refractivity contribution in [2.75, 3.05) is 57.8 Å². The minimum atomic E-state index is -2.89. The summed E-state index contributed by atoms with van der Waals surface area (Å²) in [5.74, 6) is 1.21. The molecule has 2 fully saturated rings. The van der Waals surface area contributed by atoms with E-state index < -0.39 is 9.84 Å². The van der Waals surface area contributed by atoms with Crippen molar-refractivity contribution in [3.8, 4) is 0 Å². The van der Waals surface area contributed by atoms with E-state index in [-0.39, 0.29) is 17.5 Å². The largest absolute Gasteiger partial charge is 0.357 e. The highest BCUT2D eigenvalue weighted by molar-refractivity contribution is 7.91. The lowest BCUT2D eigenvalue weighted by molar-refractivity contribution is 0.0894. The summed E-state index contributed by atoms with van der Waals surface area (Å²) in [5, 5.41) is 6.53. The molecule has 2 unspecified atom stereocenters. The van der Waals surface area contributed by atoms with Gasteiger partial charge in [-0.05, 0) is 32.4 Å². The molecular weight excluding hydrogens is 386 g/mol. The highest BCUT2D eigenvalue weighted by Gasteiger charge is 2.28. The smallest absolute Gasteiger partial charge is 0.191 e. The quantitative estimate of drug-likeness (QED) is 0.390. The Morgan fingerprint density at radius 1 is 1.24 bits per heavy atom. The van der Waals surface area contributed by atoms with E-state index >= 15 is 0 Å². The van der Waals surface area contributed by atoms with Crippen molar-refractivity contribution in [2.24, 2.45) is 4.99 Å². The van der Waals surface area contributed by atoms with E-state index in [2.05, 4.69) is 62.8 Å². The zero-order chi connectivity index (χ0) is 20.7. The number of nitrogens with one attached hydrogen (secondary N) is 2. The molecule has 0 aliphatic carbocycles. The number of likely N-dealkylation sites (N-methyl/N-ethyl adjacent to an activating group) is 1. The first-order valence-corrected chi connectivity index (χ1v) is 12.5. The van der Waals surface area contributed by atoms with Crippen LogP contribution in [-0.2, 0) is 9.84 Å². The molecule has 0 spiro atoms. The van der Waals surface area contributed by atoms with Crippen molar-refractivity contribution >= 4 is 15.8 Å². The summed E-state index contributed by atoms with van der Waals surface area (Å²) in [7, 11) is -0.699. The molecule has 0 radical (unpaired) electrons. The second kappa shape index (κ2) is 10.4. The molecule has 0 amide bonds. The number of rotatable bonds is 7. The van der Waals surface area contributed by atoms with Crippen LogP contribution in [0, 0.1) is 0 Å². The molecular formula is C21H35N5O2S. The van der Waals surface area contributed by atoms with Crippen LogP contribution in [0.25, 0.3) is 0 Å². The molecule has 0 aromatic heterocycles. The van der Waals surface area contributed by atoms with Gasteiger partial charge in [0.1, 0.15) is 0 Å². The van der Waals surface area contributed by atoms with Gasteiger partial charge < -0.3 is 15.5 Å². The van der Waals surface area contributed by atoms with Gasteiger partial charge in [-0.1, -0.05) is 30.3 Å². The van der Waals surface area contributed by atoms with Gasteiger partial charge >= 0.3 is 0 Å². The van der Waals surface area contributed by atoms with E-state index in [1.54, 1.807) is 0 Å². The Bertz CT molecular complexity index is 769. The lowest BCUT2D eigenvalue weighted by Crippen LogP contribution is -2.47. The second-order valence-corrected chi connectivity index (χ2v) is 10.3. The van der Waals surface area contributed by atoms with Gasteiger partial charge in [0.05, 0.1) is 11.5 Å². The lowest BCUT2D eigenvalue weighted by atomic mass is 10.0. The second-order valence-electron chi connectivity index (χ2n) is 8.08. The van der Waals surface area contributed by atoms with Gasteiger partial charge in [0.2, 0.25) is 0 Å². The van der Waals surface area contributed by atoms with Crippen LogP contribution < -0.4 is 10.6 Å². The number of benzene rings is 1. The van der Waals surface area contributed by atoms with E-state index in [0.717, 1.165) is 51.6 Å². The lowest BCUT2D eigenvalue weighted by Gasteiger charge is -2.40. The van der Waals surface area contributed by atoms with E-state index in [9.17, 15) is 8.42 Å². The molecule has 1 aromatic carbocycles. The van der Waals surface area contributed by atoms with E-state index in [1.807, 2.05) is 6.92 Å². The molecule has 8 heteroatoms. The highest BCUT2D eigenvalue weighted by atomic mass is 32.2. The van der Waals surface area contributed by atoms with Gasteiger partial charge in [0.25, 0.3) is 0 Å². The van der Waals surface area contributed by atoms with Crippen molar-refractivity contribution in [1.29, 1.82) is 0 Å². The van der Waals surface area contributed by atoms with E-state index in [1.165, 1.54) is 5.56 Å². The average molecular weight is 422 g/mol. The maximum Gasteiger partial charge on any atom is 0.191 e. The summed E-state index contributed by atoms with van der Waals surface area (Å²) in [6.45, 7) is 7.73. The minimum absolute atomic E-state index is 0.0297. The van der Waals surface area contributed by atoms with Crippen LogP contribution >= 0.6 is 0 Å². The summed E-state index contributed by atoms with van der Waals surface area (Å²) in [6, 6.07) is 11.1. The number of piperazine rings is 1. The minimum Gasteiger partial charge on any atom is -0.357 e. The van der Waals surface area contributed by atoms with Crippen LogP contribution in [0.5, 0.6) is 0 Å². The summed E-state index contributed by atoms with van der Waals surface area (Å²) in [5.41, 5.74) is 1.37. The molecule has 2 saturated heterocycles. The molecule has 29 heavy (non-hydrogen) atoms. The Morgan fingerprint density at radius 2 is 2.03 bits per heavy atom. The fourth-order valence-corrected chi connectivity index (χ4v) is 5.78. The summed E-state index contributed by atoms with van der Waals surface area (Å²) < 4.78 is 23.4. The third-order valence-electron chi connectivity index (χ3n) is 5.67. The predicted molar refractivity (Wildman–Crippen MR) is 119 cm³/mol. The maximum atomic E-state index is 11.7. The molecule has 7 nitrogen and oxygen atoms in total. The highest BCUT2D eigenvalue weighted by Crippen LogP contribution is 2.24. The molecule has 2 heterocycles. The Kier molecular flexibility index (Phi) is 7.91. The number of aliphatic imine (C=N–C) groups is 1. The first kappa shape index (κ1) is 22.1. The predicted octanol–water partition coefficient (Wildman–Crippen LogP) is 1.11. The van der Waals surface area contributed by atoms with Crippen LogP contribution in [0.1, 0.15) is 31.4 Å². The van der Waals surface area contributed by atoms with Gasteiger partial charge in [-0.25, -0.2) is 8.42 Å². The van der Waals surface area contributed by atoms with Crippen LogP contribution in [0.15, 0.2) is 35.3 Å². The van der Waals surface area contributed by atoms with Crippen molar-refractivity contribution in [1.82, 2.24) is 20.4 Å². The van der Waals surface area contributed by atoms with Gasteiger partial charge in [0.15, 0.2) is 15.8 Å². The van der Waals surface area contributed by atoms with Crippen LogP contribution in [0.3, 0.4) is 0 Å². The third-order valence-corrected chi connectivity index (χ3v) is 7.44. The Balaban J connectivity index is 1.52. The molecule has 162 valence electrons. The monoisotopic (exact) mass is 421 g/mol. The Hall–Kier alpha value is -1.64. The summed E-state index contributed by atoms with van der Waals surface area (Å²) in [4.78, 5) is 9.65. The SMILES string of the molecule is CCNC(=NCCCN1CCN(C)CC1c1ccccc1)NC1CCS(=O)(=O)C1. The number of hydrogen-bond acceptors (Lipinski definition) is 5. The average Bonchev–Trinajstić information content (AvgIpc) is 3.05. The van der Waals surface area contributed by atoms with Gasteiger partial charge in [-0.15, -0.1) is 0 Å². The number of sulfone groups is 1. The zero-order valence-electron chi connectivity index (χ0n) is 17.7. The number of guanidine groups is 1. The normalized spacial score (nSPS) is 25.8. The molecule has 2 aliphatic rings. The molecule has 1 aromatic rings. The van der Waals surface area contributed by atoms with Crippen molar-refractivity contribution < 1.29 is 8.42 Å². The van der Waals surface area contributed by atoms with Crippen LogP contribution in [0.2, 0.25) is 0 Å². The van der Waals surface area contributed by atoms with Crippen LogP contribution in [0.4, 0.5) is 0 Å². The third kappa shape index (κ3) is 6.69. The molecule has 0 saturated carbocycles. The molecule has 2 N–H and O–H groups in total. The molecule has 3 rings (SSSR count). The first-order valence-electron chi connectivity index (χ1n) is 10.7. The Morgan fingerprint density at radius 3 is 2.72 bits per heavy atom. The summed E-state index contributed by atoms with van der Waals surface area (Å²) >= 11 is 0. The van der Waals surface area contributed by atoms with E-state index in [4.69, 9.17) is 0 Å². The van der Waals surface area contributed by atoms with Crippen molar-refractivity contribution in [3.05, 3.63) is 35.9 Å². The zero-order valence-corrected chi connectivity index (χ0v) is 18.5. The molecule has 0 bridgehead atoms. The number of hydrogen-bond donors (Lipinski definition) is 2.